The van der Waals surface area contributed by atoms with Crippen LogP contribution >= 0.6 is 0 Å². The Morgan fingerprint density at radius 3 is 2.28 bits per heavy atom. The van der Waals surface area contributed by atoms with Crippen LogP contribution in [0.4, 0.5) is 4.39 Å². The molecule has 0 bridgehead atoms. The topological polar surface area (TPSA) is 60.2 Å². The third-order valence-electron chi connectivity index (χ3n) is 2.99. The van der Waals surface area contributed by atoms with Gasteiger partial charge < -0.3 is 5.73 Å². The van der Waals surface area contributed by atoms with Crippen LogP contribution in [-0.2, 0) is 9.84 Å². The average Bonchev–Trinajstić information content (AvgIpc) is 2.29. The first-order valence-electron chi connectivity index (χ1n) is 5.95. The molecule has 0 saturated carbocycles. The molecule has 0 atom stereocenters. The van der Waals surface area contributed by atoms with Gasteiger partial charge in [-0.1, -0.05) is 13.8 Å². The van der Waals surface area contributed by atoms with Gasteiger partial charge in [-0.3, -0.25) is 0 Å². The van der Waals surface area contributed by atoms with Gasteiger partial charge in [-0.2, -0.15) is 0 Å². The van der Waals surface area contributed by atoms with Crippen molar-refractivity contribution in [2.24, 2.45) is 11.1 Å². The highest BCUT2D eigenvalue weighted by Gasteiger charge is 2.19. The second kappa shape index (κ2) is 5.80. The Hall–Kier alpha value is -0.940. The van der Waals surface area contributed by atoms with Crippen LogP contribution in [0.1, 0.15) is 26.7 Å². The number of halogens is 1. The highest BCUT2D eigenvalue weighted by Crippen LogP contribution is 2.22. The molecule has 18 heavy (non-hydrogen) atoms. The minimum absolute atomic E-state index is 0.0433. The van der Waals surface area contributed by atoms with E-state index in [0.29, 0.717) is 13.0 Å². The fourth-order valence-corrected chi connectivity index (χ4v) is 2.91. The molecule has 102 valence electrons. The number of sulfone groups is 1. The predicted molar refractivity (Wildman–Crippen MR) is 70.5 cm³/mol. The van der Waals surface area contributed by atoms with Crippen LogP contribution in [0.5, 0.6) is 0 Å². The zero-order chi connectivity index (χ0) is 13.8. The summed E-state index contributed by atoms with van der Waals surface area (Å²) in [7, 11) is -3.32. The van der Waals surface area contributed by atoms with Crippen molar-refractivity contribution in [3.8, 4) is 0 Å². The summed E-state index contributed by atoms with van der Waals surface area (Å²) < 4.78 is 36.6. The summed E-state index contributed by atoms with van der Waals surface area (Å²) in [6.07, 6.45) is 1.31. The smallest absolute Gasteiger partial charge is 0.178 e. The summed E-state index contributed by atoms with van der Waals surface area (Å²) in [5.41, 5.74) is 5.55. The Morgan fingerprint density at radius 2 is 1.78 bits per heavy atom. The highest BCUT2D eigenvalue weighted by molar-refractivity contribution is 7.91. The number of rotatable bonds is 6. The lowest BCUT2D eigenvalue weighted by Gasteiger charge is -2.21. The normalized spacial score (nSPS) is 12.7. The zero-order valence-corrected chi connectivity index (χ0v) is 11.6. The molecule has 1 aromatic rings. The maximum atomic E-state index is 12.7. The molecule has 3 nitrogen and oxygen atoms in total. The third-order valence-corrected chi connectivity index (χ3v) is 4.81. The summed E-state index contributed by atoms with van der Waals surface area (Å²) in [5.74, 6) is -0.361. The van der Waals surface area contributed by atoms with E-state index in [1.807, 2.05) is 13.8 Å². The Bertz CT molecular complexity index is 480. The van der Waals surface area contributed by atoms with E-state index in [0.717, 1.165) is 18.6 Å². The fourth-order valence-electron chi connectivity index (χ4n) is 1.60. The van der Waals surface area contributed by atoms with Gasteiger partial charge in [0.25, 0.3) is 0 Å². The molecule has 0 aliphatic rings. The standard InChI is InChI=1S/C13H20FNO2S/c1-13(2,10-15)8-3-9-18(16,17)12-6-4-11(14)5-7-12/h4-7H,3,8-10,15H2,1-2H3. The van der Waals surface area contributed by atoms with Crippen LogP contribution in [0.15, 0.2) is 29.2 Å². The van der Waals surface area contributed by atoms with E-state index < -0.39 is 15.7 Å². The quantitative estimate of drug-likeness (QED) is 0.809. The molecule has 0 aliphatic carbocycles. The lowest BCUT2D eigenvalue weighted by atomic mass is 9.88. The second-order valence-electron chi connectivity index (χ2n) is 5.24. The summed E-state index contributed by atoms with van der Waals surface area (Å²) in [6, 6.07) is 4.94. The van der Waals surface area contributed by atoms with Crippen molar-refractivity contribution in [3.63, 3.8) is 0 Å². The van der Waals surface area contributed by atoms with Crippen LogP contribution in [0.25, 0.3) is 0 Å². The lowest BCUT2D eigenvalue weighted by Crippen LogP contribution is -2.24. The average molecular weight is 273 g/mol. The molecule has 0 radical (unpaired) electrons. The van der Waals surface area contributed by atoms with E-state index in [1.54, 1.807) is 0 Å². The molecule has 0 unspecified atom stereocenters. The Kier molecular flexibility index (Phi) is 4.87. The largest absolute Gasteiger partial charge is 0.330 e. The third kappa shape index (κ3) is 4.38. The minimum Gasteiger partial charge on any atom is -0.330 e. The summed E-state index contributed by atoms with van der Waals surface area (Å²) in [5, 5.41) is 0. The van der Waals surface area contributed by atoms with Crippen molar-refractivity contribution < 1.29 is 12.8 Å². The van der Waals surface area contributed by atoms with Gasteiger partial charge in [0, 0.05) is 0 Å². The van der Waals surface area contributed by atoms with Crippen LogP contribution in [0.3, 0.4) is 0 Å². The van der Waals surface area contributed by atoms with Gasteiger partial charge in [-0.25, -0.2) is 12.8 Å². The summed E-state index contributed by atoms with van der Waals surface area (Å²) >= 11 is 0. The van der Waals surface area contributed by atoms with E-state index in [-0.39, 0.29) is 16.1 Å². The van der Waals surface area contributed by atoms with Crippen molar-refractivity contribution in [2.45, 2.75) is 31.6 Å². The van der Waals surface area contributed by atoms with Crippen molar-refractivity contribution >= 4 is 9.84 Å². The van der Waals surface area contributed by atoms with Gasteiger partial charge >= 0.3 is 0 Å². The Morgan fingerprint density at radius 1 is 1.22 bits per heavy atom. The van der Waals surface area contributed by atoms with Crippen molar-refractivity contribution in [2.75, 3.05) is 12.3 Å². The summed E-state index contributed by atoms with van der Waals surface area (Å²) in [6.45, 7) is 4.55. The maximum Gasteiger partial charge on any atom is 0.178 e. The van der Waals surface area contributed by atoms with Crippen molar-refractivity contribution in [3.05, 3.63) is 30.1 Å². The monoisotopic (exact) mass is 273 g/mol. The molecule has 0 heterocycles. The Labute approximate surface area is 108 Å². The molecule has 0 spiro atoms. The van der Waals surface area contributed by atoms with Crippen LogP contribution in [-0.4, -0.2) is 20.7 Å². The molecule has 0 aromatic heterocycles. The van der Waals surface area contributed by atoms with Crippen LogP contribution in [0, 0.1) is 11.2 Å². The highest BCUT2D eigenvalue weighted by atomic mass is 32.2. The molecular weight excluding hydrogens is 253 g/mol. The number of hydrogen-bond donors (Lipinski definition) is 1. The number of nitrogens with two attached hydrogens (primary N) is 1. The van der Waals surface area contributed by atoms with Gasteiger partial charge in [0.05, 0.1) is 10.6 Å². The molecule has 0 fully saturated rings. The summed E-state index contributed by atoms with van der Waals surface area (Å²) in [4.78, 5) is 0.175. The van der Waals surface area contributed by atoms with Gasteiger partial charge in [0.2, 0.25) is 0 Å². The lowest BCUT2D eigenvalue weighted by molar-refractivity contribution is 0.344. The first-order chi connectivity index (χ1) is 8.27. The fraction of sp³-hybridized carbons (Fsp3) is 0.538. The number of hydrogen-bond acceptors (Lipinski definition) is 3. The van der Waals surface area contributed by atoms with E-state index in [2.05, 4.69) is 0 Å². The van der Waals surface area contributed by atoms with Crippen molar-refractivity contribution in [1.82, 2.24) is 0 Å². The number of benzene rings is 1. The van der Waals surface area contributed by atoms with Gasteiger partial charge in [-0.15, -0.1) is 0 Å². The molecular formula is C13H20FNO2S. The van der Waals surface area contributed by atoms with E-state index in [1.165, 1.54) is 12.1 Å². The van der Waals surface area contributed by atoms with Gasteiger partial charge in [0.15, 0.2) is 9.84 Å². The molecule has 1 rings (SSSR count). The SMILES string of the molecule is CC(C)(CN)CCCS(=O)(=O)c1ccc(F)cc1. The van der Waals surface area contributed by atoms with E-state index in [4.69, 9.17) is 5.73 Å². The van der Waals surface area contributed by atoms with E-state index >= 15 is 0 Å². The molecule has 2 N–H and O–H groups in total. The Balaban J connectivity index is 2.63. The molecule has 5 heteroatoms. The first-order valence-corrected chi connectivity index (χ1v) is 7.60. The maximum absolute atomic E-state index is 12.7. The molecule has 0 aliphatic heterocycles. The van der Waals surface area contributed by atoms with Gasteiger partial charge in [0.1, 0.15) is 5.82 Å². The minimum atomic E-state index is -3.32. The van der Waals surface area contributed by atoms with E-state index in [9.17, 15) is 12.8 Å². The second-order valence-corrected chi connectivity index (χ2v) is 7.35. The first kappa shape index (κ1) is 15.1. The predicted octanol–water partition coefficient (Wildman–Crippen LogP) is 2.36. The van der Waals surface area contributed by atoms with Crippen molar-refractivity contribution in [1.29, 1.82) is 0 Å². The molecule has 0 saturated heterocycles. The zero-order valence-electron chi connectivity index (χ0n) is 10.8. The van der Waals surface area contributed by atoms with Gasteiger partial charge in [-0.05, 0) is 49.1 Å². The molecule has 1 aromatic carbocycles. The van der Waals surface area contributed by atoms with Crippen LogP contribution in [0.2, 0.25) is 0 Å². The molecule has 0 amide bonds. The van der Waals surface area contributed by atoms with Crippen LogP contribution < -0.4 is 5.73 Å².